The van der Waals surface area contributed by atoms with Crippen molar-refractivity contribution in [2.45, 2.75) is 25.2 Å². The number of aryl methyl sites for hydroxylation is 1. The zero-order valence-corrected chi connectivity index (χ0v) is 19.2. The molecule has 0 atom stereocenters. The van der Waals surface area contributed by atoms with Gasteiger partial charge in [0, 0.05) is 43.4 Å². The molecule has 1 amide bonds. The second kappa shape index (κ2) is 10.3. The van der Waals surface area contributed by atoms with Gasteiger partial charge in [0.2, 0.25) is 15.9 Å². The second-order valence-corrected chi connectivity index (χ2v) is 10.0. The van der Waals surface area contributed by atoms with Crippen molar-refractivity contribution in [3.63, 3.8) is 0 Å². The van der Waals surface area contributed by atoms with Crippen molar-refractivity contribution in [2.24, 2.45) is 0 Å². The van der Waals surface area contributed by atoms with Gasteiger partial charge in [0.15, 0.2) is 0 Å². The number of hydrogen-bond donors (Lipinski definition) is 1. The number of aromatic nitrogens is 1. The van der Waals surface area contributed by atoms with Crippen molar-refractivity contribution >= 4 is 38.2 Å². The van der Waals surface area contributed by atoms with Crippen molar-refractivity contribution < 1.29 is 22.7 Å². The first-order valence-electron chi connectivity index (χ1n) is 10.1. The molecule has 2 aromatic heterocycles. The van der Waals surface area contributed by atoms with Crippen LogP contribution in [-0.2, 0) is 26.0 Å². The number of esters is 1. The Labute approximate surface area is 186 Å². The lowest BCUT2D eigenvalue weighted by atomic mass is 10.2. The lowest BCUT2D eigenvalue weighted by Gasteiger charge is -2.33. The summed E-state index contributed by atoms with van der Waals surface area (Å²) < 4.78 is 31.9. The van der Waals surface area contributed by atoms with Gasteiger partial charge >= 0.3 is 5.97 Å². The van der Waals surface area contributed by atoms with Gasteiger partial charge in [0.1, 0.15) is 9.90 Å². The molecule has 0 aliphatic carbocycles. The van der Waals surface area contributed by atoms with Gasteiger partial charge in [-0.15, -0.1) is 11.3 Å². The van der Waals surface area contributed by atoms with Gasteiger partial charge in [-0.25, -0.2) is 13.2 Å². The summed E-state index contributed by atoms with van der Waals surface area (Å²) in [5.74, 6) is -0.707. The summed E-state index contributed by atoms with van der Waals surface area (Å²) >= 11 is 1.36. The van der Waals surface area contributed by atoms with Crippen LogP contribution in [0.15, 0.2) is 35.5 Å². The van der Waals surface area contributed by atoms with Gasteiger partial charge in [-0.2, -0.15) is 4.31 Å². The Bertz CT molecular complexity index is 1020. The SMILES string of the molecule is CCOC(=O)c1cc(CC)sc1NC(=O)CN1CCN(S(=O)(=O)c2cccnc2)CC1. The lowest BCUT2D eigenvalue weighted by molar-refractivity contribution is -0.117. The molecular weight excluding hydrogens is 440 g/mol. The molecule has 0 aromatic carbocycles. The van der Waals surface area contributed by atoms with E-state index in [1.54, 1.807) is 19.1 Å². The standard InChI is InChI=1S/C20H26N4O5S2/c1-3-15-12-17(20(26)29-4-2)19(30-15)22-18(25)14-23-8-10-24(11-9-23)31(27,28)16-6-5-7-21-13-16/h5-7,12-13H,3-4,8-11,14H2,1-2H3,(H,22,25). The van der Waals surface area contributed by atoms with Crippen molar-refractivity contribution in [3.05, 3.63) is 41.0 Å². The number of ether oxygens (including phenoxy) is 1. The number of nitrogens with one attached hydrogen (secondary N) is 1. The number of sulfonamides is 1. The van der Waals surface area contributed by atoms with Crippen LogP contribution in [0.25, 0.3) is 0 Å². The van der Waals surface area contributed by atoms with E-state index in [0.29, 0.717) is 23.7 Å². The molecule has 1 aliphatic rings. The third kappa shape index (κ3) is 5.67. The second-order valence-electron chi connectivity index (χ2n) is 6.95. The zero-order valence-electron chi connectivity index (χ0n) is 17.5. The molecule has 1 fully saturated rings. The fraction of sp³-hybridized carbons (Fsp3) is 0.450. The van der Waals surface area contributed by atoms with E-state index < -0.39 is 16.0 Å². The number of thiophene rings is 1. The predicted octanol–water partition coefficient (Wildman–Crippen LogP) is 1.83. The van der Waals surface area contributed by atoms with E-state index in [-0.39, 0.29) is 37.0 Å². The number of rotatable bonds is 8. The topological polar surface area (TPSA) is 109 Å². The molecule has 11 heteroatoms. The molecule has 0 radical (unpaired) electrons. The minimum absolute atomic E-state index is 0.113. The number of carbonyl (C=O) groups is 2. The van der Waals surface area contributed by atoms with Crippen LogP contribution in [0.3, 0.4) is 0 Å². The predicted molar refractivity (Wildman–Crippen MR) is 118 cm³/mol. The smallest absolute Gasteiger partial charge is 0.341 e. The van der Waals surface area contributed by atoms with Gasteiger partial charge in [-0.1, -0.05) is 6.92 Å². The molecule has 1 saturated heterocycles. The maximum absolute atomic E-state index is 12.7. The Morgan fingerprint density at radius 3 is 2.58 bits per heavy atom. The van der Waals surface area contributed by atoms with Crippen molar-refractivity contribution in [1.29, 1.82) is 0 Å². The molecule has 168 valence electrons. The van der Waals surface area contributed by atoms with E-state index in [2.05, 4.69) is 10.3 Å². The molecule has 2 aromatic rings. The maximum atomic E-state index is 12.7. The summed E-state index contributed by atoms with van der Waals surface area (Å²) in [6.45, 7) is 5.53. The van der Waals surface area contributed by atoms with Crippen LogP contribution in [-0.4, -0.2) is 73.8 Å². The molecule has 9 nitrogen and oxygen atoms in total. The minimum Gasteiger partial charge on any atom is -0.462 e. The van der Waals surface area contributed by atoms with Crippen LogP contribution in [0.4, 0.5) is 5.00 Å². The highest BCUT2D eigenvalue weighted by Crippen LogP contribution is 2.29. The molecule has 3 heterocycles. The monoisotopic (exact) mass is 466 g/mol. The Kier molecular flexibility index (Phi) is 7.76. The molecule has 1 aliphatic heterocycles. The van der Waals surface area contributed by atoms with E-state index >= 15 is 0 Å². The number of hydrogen-bond acceptors (Lipinski definition) is 8. The molecule has 0 spiro atoms. The Morgan fingerprint density at radius 1 is 1.23 bits per heavy atom. The van der Waals surface area contributed by atoms with Gasteiger partial charge in [0.05, 0.1) is 18.7 Å². The average Bonchev–Trinajstić information content (AvgIpc) is 3.17. The van der Waals surface area contributed by atoms with Gasteiger partial charge in [0.25, 0.3) is 0 Å². The van der Waals surface area contributed by atoms with E-state index in [9.17, 15) is 18.0 Å². The van der Waals surface area contributed by atoms with Gasteiger partial charge < -0.3 is 10.1 Å². The lowest BCUT2D eigenvalue weighted by Crippen LogP contribution is -2.50. The number of pyridine rings is 1. The third-order valence-corrected chi connectivity index (χ3v) is 7.93. The van der Waals surface area contributed by atoms with E-state index in [0.717, 1.165) is 11.3 Å². The Morgan fingerprint density at radius 2 is 1.97 bits per heavy atom. The summed E-state index contributed by atoms with van der Waals surface area (Å²) in [5.41, 5.74) is 0.365. The summed E-state index contributed by atoms with van der Waals surface area (Å²) in [5, 5.41) is 3.30. The van der Waals surface area contributed by atoms with Crippen molar-refractivity contribution in [3.8, 4) is 0 Å². The summed E-state index contributed by atoms with van der Waals surface area (Å²) in [7, 11) is -3.59. The molecule has 0 bridgehead atoms. The molecule has 3 rings (SSSR count). The molecule has 31 heavy (non-hydrogen) atoms. The van der Waals surface area contributed by atoms with Crippen LogP contribution >= 0.6 is 11.3 Å². The number of amides is 1. The largest absolute Gasteiger partial charge is 0.462 e. The highest BCUT2D eigenvalue weighted by molar-refractivity contribution is 7.89. The fourth-order valence-electron chi connectivity index (χ4n) is 3.22. The van der Waals surface area contributed by atoms with Crippen LogP contribution in [0, 0.1) is 0 Å². The van der Waals surface area contributed by atoms with Crippen LogP contribution in [0.2, 0.25) is 0 Å². The van der Waals surface area contributed by atoms with E-state index in [1.165, 1.54) is 34.1 Å². The van der Waals surface area contributed by atoms with E-state index in [1.807, 2.05) is 11.8 Å². The summed E-state index contributed by atoms with van der Waals surface area (Å²) in [6, 6.07) is 4.86. The average molecular weight is 467 g/mol. The molecule has 0 saturated carbocycles. The summed E-state index contributed by atoms with van der Waals surface area (Å²) in [6.07, 6.45) is 3.61. The minimum atomic E-state index is -3.59. The highest BCUT2D eigenvalue weighted by Gasteiger charge is 2.29. The zero-order chi connectivity index (χ0) is 22.4. The molecular formula is C20H26N4O5S2. The first kappa shape index (κ1) is 23.3. The molecule has 1 N–H and O–H groups in total. The van der Waals surface area contributed by atoms with Gasteiger partial charge in [-0.3, -0.25) is 14.7 Å². The first-order valence-corrected chi connectivity index (χ1v) is 12.3. The Hall–Kier alpha value is -2.34. The van der Waals surface area contributed by atoms with Crippen LogP contribution in [0.1, 0.15) is 29.1 Å². The normalized spacial score (nSPS) is 15.5. The number of piperazine rings is 1. The van der Waals surface area contributed by atoms with Crippen molar-refractivity contribution in [2.75, 3.05) is 44.6 Å². The van der Waals surface area contributed by atoms with Crippen molar-refractivity contribution in [1.82, 2.24) is 14.2 Å². The Balaban J connectivity index is 1.57. The maximum Gasteiger partial charge on any atom is 0.341 e. The van der Waals surface area contributed by atoms with Gasteiger partial charge in [-0.05, 0) is 31.5 Å². The fourth-order valence-corrected chi connectivity index (χ4v) is 5.60. The highest BCUT2D eigenvalue weighted by atomic mass is 32.2. The number of nitrogens with zero attached hydrogens (tertiary/aromatic N) is 3. The van der Waals surface area contributed by atoms with Crippen LogP contribution < -0.4 is 5.32 Å². The quantitative estimate of drug-likeness (QED) is 0.591. The van der Waals surface area contributed by atoms with Crippen LogP contribution in [0.5, 0.6) is 0 Å². The molecule has 0 unspecified atom stereocenters. The number of anilines is 1. The first-order chi connectivity index (χ1) is 14.8. The number of carbonyl (C=O) groups excluding carboxylic acids is 2. The summed E-state index contributed by atoms with van der Waals surface area (Å²) in [4.78, 5) is 31.7. The third-order valence-electron chi connectivity index (χ3n) is 4.85. The van der Waals surface area contributed by atoms with E-state index in [4.69, 9.17) is 4.74 Å².